The third-order valence-corrected chi connectivity index (χ3v) is 7.92. The van der Waals surface area contributed by atoms with Crippen molar-refractivity contribution in [3.8, 4) is 0 Å². The highest BCUT2D eigenvalue weighted by Gasteiger charge is 2.02. The third kappa shape index (κ3) is 31.7. The van der Waals surface area contributed by atoms with Crippen LogP contribution in [-0.2, 0) is 4.79 Å². The monoisotopic (exact) mass is 509 g/mol. The Hall–Kier alpha value is -0.370. The number of Topliss-reactive ketones (excluding diaryl/α,β-unsaturated/α-hetero) is 1. The topological polar surface area (TPSA) is 37.3 Å². The quantitative estimate of drug-likeness (QED) is 0.0917. The predicted octanol–water partition coefficient (Wildman–Crippen LogP) is 11.7. The van der Waals surface area contributed by atoms with Crippen molar-refractivity contribution in [2.75, 3.05) is 6.61 Å². The molecule has 0 saturated heterocycles. The van der Waals surface area contributed by atoms with Crippen molar-refractivity contribution in [2.45, 2.75) is 206 Å². The number of rotatable bonds is 32. The van der Waals surface area contributed by atoms with Crippen LogP contribution in [0, 0.1) is 0 Å². The molecule has 0 aromatic carbocycles. The number of aliphatic hydroxyl groups excluding tert-OH is 1. The highest BCUT2D eigenvalue weighted by molar-refractivity contribution is 5.78. The SMILES string of the molecule is CCCCCCCCCCCCCCCCCC(=O)CCCCCCCCCCCCCCCCO. The van der Waals surface area contributed by atoms with Crippen molar-refractivity contribution in [1.29, 1.82) is 0 Å². The summed E-state index contributed by atoms with van der Waals surface area (Å²) in [7, 11) is 0. The van der Waals surface area contributed by atoms with Crippen molar-refractivity contribution in [3.63, 3.8) is 0 Å². The molecule has 0 bridgehead atoms. The van der Waals surface area contributed by atoms with Crippen LogP contribution in [0.4, 0.5) is 0 Å². The van der Waals surface area contributed by atoms with E-state index in [1.165, 1.54) is 167 Å². The molecule has 0 aliphatic carbocycles. The lowest BCUT2D eigenvalue weighted by Gasteiger charge is -2.04. The van der Waals surface area contributed by atoms with Gasteiger partial charge in [-0.05, 0) is 19.3 Å². The van der Waals surface area contributed by atoms with E-state index < -0.39 is 0 Å². The van der Waals surface area contributed by atoms with Crippen LogP contribution in [0.5, 0.6) is 0 Å². The highest BCUT2D eigenvalue weighted by Crippen LogP contribution is 2.16. The maximum Gasteiger partial charge on any atom is 0.132 e. The summed E-state index contributed by atoms with van der Waals surface area (Å²) in [5, 5.41) is 8.77. The van der Waals surface area contributed by atoms with E-state index in [-0.39, 0.29) is 0 Å². The lowest BCUT2D eigenvalue weighted by Crippen LogP contribution is -1.97. The van der Waals surface area contributed by atoms with Gasteiger partial charge in [-0.25, -0.2) is 0 Å². The summed E-state index contributed by atoms with van der Waals surface area (Å²) in [4.78, 5) is 12.1. The van der Waals surface area contributed by atoms with Gasteiger partial charge in [0.1, 0.15) is 5.78 Å². The van der Waals surface area contributed by atoms with E-state index in [4.69, 9.17) is 5.11 Å². The van der Waals surface area contributed by atoms with Gasteiger partial charge in [-0.2, -0.15) is 0 Å². The second-order valence-corrected chi connectivity index (χ2v) is 11.7. The van der Waals surface area contributed by atoms with Gasteiger partial charge in [0.25, 0.3) is 0 Å². The Kier molecular flexibility index (Phi) is 32.3. The van der Waals surface area contributed by atoms with Crippen LogP contribution in [0.25, 0.3) is 0 Å². The van der Waals surface area contributed by atoms with Gasteiger partial charge in [0.2, 0.25) is 0 Å². The minimum atomic E-state index is 0.357. The van der Waals surface area contributed by atoms with Crippen molar-refractivity contribution >= 4 is 5.78 Å². The molecule has 0 spiro atoms. The van der Waals surface area contributed by atoms with Gasteiger partial charge in [-0.1, -0.05) is 174 Å². The van der Waals surface area contributed by atoms with Crippen molar-refractivity contribution in [1.82, 2.24) is 0 Å². The van der Waals surface area contributed by atoms with Crippen LogP contribution in [0.2, 0.25) is 0 Å². The second kappa shape index (κ2) is 32.7. The van der Waals surface area contributed by atoms with E-state index >= 15 is 0 Å². The number of ketones is 1. The van der Waals surface area contributed by atoms with Crippen LogP contribution in [0.3, 0.4) is 0 Å². The lowest BCUT2D eigenvalue weighted by atomic mass is 10.0. The number of hydrogen-bond acceptors (Lipinski definition) is 2. The molecule has 0 amide bonds. The zero-order valence-corrected chi connectivity index (χ0v) is 25.0. The molecule has 0 atom stereocenters. The largest absolute Gasteiger partial charge is 0.396 e. The van der Waals surface area contributed by atoms with Crippen LogP contribution < -0.4 is 0 Å². The summed E-state index contributed by atoms with van der Waals surface area (Å²) in [6.45, 7) is 2.65. The zero-order valence-electron chi connectivity index (χ0n) is 25.0. The number of hydrogen-bond donors (Lipinski definition) is 1. The van der Waals surface area contributed by atoms with E-state index in [0.717, 1.165) is 32.1 Å². The molecule has 0 rings (SSSR count). The molecule has 36 heavy (non-hydrogen) atoms. The van der Waals surface area contributed by atoms with Gasteiger partial charge in [0.05, 0.1) is 0 Å². The number of carbonyl (C=O) groups is 1. The maximum atomic E-state index is 12.1. The number of carbonyl (C=O) groups excluding carboxylic acids is 1. The first-order valence-corrected chi connectivity index (χ1v) is 16.9. The van der Waals surface area contributed by atoms with Gasteiger partial charge < -0.3 is 5.11 Å². The predicted molar refractivity (Wildman–Crippen MR) is 161 cm³/mol. The first-order valence-electron chi connectivity index (χ1n) is 16.9. The Morgan fingerprint density at radius 1 is 0.361 bits per heavy atom. The summed E-state index contributed by atoms with van der Waals surface area (Å²) in [6.07, 6.45) is 40.6. The molecule has 1 N–H and O–H groups in total. The minimum absolute atomic E-state index is 0.357. The van der Waals surface area contributed by atoms with E-state index in [1.807, 2.05) is 0 Å². The van der Waals surface area contributed by atoms with Crippen LogP contribution in [-0.4, -0.2) is 17.5 Å². The minimum Gasteiger partial charge on any atom is -0.396 e. The fourth-order valence-corrected chi connectivity index (χ4v) is 5.37. The average molecular weight is 509 g/mol. The van der Waals surface area contributed by atoms with Gasteiger partial charge in [-0.3, -0.25) is 4.79 Å². The van der Waals surface area contributed by atoms with E-state index in [0.29, 0.717) is 12.4 Å². The normalized spacial score (nSPS) is 11.4. The van der Waals surface area contributed by atoms with Gasteiger partial charge in [0, 0.05) is 19.4 Å². The average Bonchev–Trinajstić information content (AvgIpc) is 2.88. The van der Waals surface area contributed by atoms with Crippen LogP contribution in [0.1, 0.15) is 206 Å². The van der Waals surface area contributed by atoms with Gasteiger partial charge >= 0.3 is 0 Å². The highest BCUT2D eigenvalue weighted by atomic mass is 16.2. The van der Waals surface area contributed by atoms with E-state index in [2.05, 4.69) is 6.92 Å². The zero-order chi connectivity index (χ0) is 26.2. The Morgan fingerprint density at radius 3 is 0.833 bits per heavy atom. The van der Waals surface area contributed by atoms with E-state index in [9.17, 15) is 4.79 Å². The maximum absolute atomic E-state index is 12.1. The Morgan fingerprint density at radius 2 is 0.583 bits per heavy atom. The standard InChI is InChI=1S/C34H68O2/c1-2-3-4-5-6-7-8-9-10-13-16-19-22-25-28-31-34(36)32-29-26-23-20-17-14-11-12-15-18-21-24-27-30-33-35/h35H,2-33H2,1H3. The van der Waals surface area contributed by atoms with Crippen molar-refractivity contribution < 1.29 is 9.90 Å². The van der Waals surface area contributed by atoms with Crippen molar-refractivity contribution in [3.05, 3.63) is 0 Å². The summed E-state index contributed by atoms with van der Waals surface area (Å²) in [6, 6.07) is 0. The molecule has 2 nitrogen and oxygen atoms in total. The molecule has 2 heteroatoms. The molecule has 0 aliphatic heterocycles. The fourth-order valence-electron chi connectivity index (χ4n) is 5.37. The van der Waals surface area contributed by atoms with Gasteiger partial charge in [-0.15, -0.1) is 0 Å². The summed E-state index contributed by atoms with van der Waals surface area (Å²) in [5.41, 5.74) is 0. The smallest absolute Gasteiger partial charge is 0.132 e. The molecule has 0 unspecified atom stereocenters. The van der Waals surface area contributed by atoms with Gasteiger partial charge in [0.15, 0.2) is 0 Å². The van der Waals surface area contributed by atoms with Crippen LogP contribution in [0.15, 0.2) is 0 Å². The summed E-state index contributed by atoms with van der Waals surface area (Å²) < 4.78 is 0. The lowest BCUT2D eigenvalue weighted by molar-refractivity contribution is -0.119. The molecule has 0 heterocycles. The first-order chi connectivity index (χ1) is 17.8. The molecular weight excluding hydrogens is 440 g/mol. The van der Waals surface area contributed by atoms with Crippen LogP contribution >= 0.6 is 0 Å². The molecule has 0 saturated carbocycles. The Labute approximate surface area is 228 Å². The summed E-state index contributed by atoms with van der Waals surface area (Å²) >= 11 is 0. The molecule has 0 aromatic heterocycles. The fraction of sp³-hybridized carbons (Fsp3) is 0.971. The molecule has 0 aromatic rings. The summed E-state index contributed by atoms with van der Waals surface area (Å²) in [5.74, 6) is 0.515. The first kappa shape index (κ1) is 35.6. The number of unbranched alkanes of at least 4 members (excludes halogenated alkanes) is 27. The third-order valence-electron chi connectivity index (χ3n) is 7.92. The Bertz CT molecular complexity index is 370. The molecule has 0 fully saturated rings. The molecule has 0 radical (unpaired) electrons. The van der Waals surface area contributed by atoms with E-state index in [1.54, 1.807) is 0 Å². The number of aliphatic hydroxyl groups is 1. The molecule has 0 aliphatic rings. The molecular formula is C34H68O2. The second-order valence-electron chi connectivity index (χ2n) is 11.7. The Balaban J connectivity index is 3.14. The molecule has 216 valence electrons. The van der Waals surface area contributed by atoms with Crippen molar-refractivity contribution in [2.24, 2.45) is 0 Å².